The number of hydrogen-bond donors (Lipinski definition) is 1. The molecule has 0 spiro atoms. The molecule has 94 valence electrons. The van der Waals surface area contributed by atoms with E-state index in [1.807, 2.05) is 32.0 Å². The average molecular weight is 244 g/mol. The molecule has 0 unspecified atom stereocenters. The molecule has 0 radical (unpaired) electrons. The second-order valence-corrected chi connectivity index (χ2v) is 4.09. The zero-order valence-electron chi connectivity index (χ0n) is 10.7. The molecule has 4 nitrogen and oxygen atoms in total. The molecule has 1 aromatic heterocycles. The van der Waals surface area contributed by atoms with E-state index in [0.717, 1.165) is 17.1 Å². The van der Waals surface area contributed by atoms with Gasteiger partial charge in [-0.05, 0) is 38.1 Å². The van der Waals surface area contributed by atoms with Gasteiger partial charge in [-0.1, -0.05) is 6.07 Å². The second-order valence-electron chi connectivity index (χ2n) is 4.09. The first-order valence-corrected chi connectivity index (χ1v) is 5.77. The van der Waals surface area contributed by atoms with Crippen molar-refractivity contribution in [1.29, 1.82) is 0 Å². The molecule has 0 saturated heterocycles. The minimum absolute atomic E-state index is 0.465. The van der Waals surface area contributed by atoms with Gasteiger partial charge in [-0.25, -0.2) is 4.79 Å². The highest BCUT2D eigenvalue weighted by Crippen LogP contribution is 2.20. The summed E-state index contributed by atoms with van der Waals surface area (Å²) in [6, 6.07) is 11.6. The summed E-state index contributed by atoms with van der Waals surface area (Å²) in [5.41, 5.74) is 3.27. The molecule has 0 aliphatic heterocycles. The number of nitrogens with one attached hydrogen (secondary N) is 1. The molecule has 1 N–H and O–H groups in total. The van der Waals surface area contributed by atoms with E-state index in [2.05, 4.69) is 22.0 Å². The molecule has 0 bridgehead atoms. The van der Waals surface area contributed by atoms with Crippen molar-refractivity contribution in [3.63, 3.8) is 0 Å². The van der Waals surface area contributed by atoms with E-state index in [4.69, 9.17) is 4.74 Å². The van der Waals surface area contributed by atoms with Gasteiger partial charge < -0.3 is 14.6 Å². The highest BCUT2D eigenvalue weighted by Gasteiger charge is 2.06. The van der Waals surface area contributed by atoms with Gasteiger partial charge in [0.05, 0.1) is 0 Å². The third kappa shape index (κ3) is 2.37. The molecule has 2 rings (SSSR count). The minimum atomic E-state index is -0.465. The smallest absolute Gasteiger partial charge is 0.410 e. The third-order valence-corrected chi connectivity index (χ3v) is 2.76. The Labute approximate surface area is 106 Å². The molecular formula is C14H16N2O2. The number of ether oxygens (including phenoxy) is 1. The maximum absolute atomic E-state index is 11.2. The van der Waals surface area contributed by atoms with Crippen LogP contribution in [0.4, 0.5) is 4.79 Å². The second kappa shape index (κ2) is 4.96. The van der Waals surface area contributed by atoms with Crippen molar-refractivity contribution in [2.24, 2.45) is 0 Å². The summed E-state index contributed by atoms with van der Waals surface area (Å²) in [7, 11) is 1.53. The van der Waals surface area contributed by atoms with Crippen LogP contribution in [-0.2, 0) is 0 Å². The number of hydrogen-bond acceptors (Lipinski definition) is 2. The van der Waals surface area contributed by atoms with Crippen LogP contribution < -0.4 is 10.1 Å². The first kappa shape index (κ1) is 12.2. The van der Waals surface area contributed by atoms with E-state index in [1.54, 1.807) is 6.07 Å². The Hall–Kier alpha value is -2.23. The number of aromatic nitrogens is 1. The van der Waals surface area contributed by atoms with Crippen molar-refractivity contribution >= 4 is 6.09 Å². The molecule has 4 heteroatoms. The largest absolute Gasteiger partial charge is 0.412 e. The Morgan fingerprint density at radius 1 is 1.17 bits per heavy atom. The molecule has 0 aliphatic carbocycles. The quantitative estimate of drug-likeness (QED) is 0.882. The van der Waals surface area contributed by atoms with Gasteiger partial charge in [0.1, 0.15) is 5.75 Å². The monoisotopic (exact) mass is 244 g/mol. The van der Waals surface area contributed by atoms with Crippen LogP contribution in [0.1, 0.15) is 11.4 Å². The summed E-state index contributed by atoms with van der Waals surface area (Å²) >= 11 is 0. The molecule has 1 amide bonds. The van der Waals surface area contributed by atoms with E-state index in [1.165, 1.54) is 7.05 Å². The van der Waals surface area contributed by atoms with E-state index in [-0.39, 0.29) is 0 Å². The maximum Gasteiger partial charge on any atom is 0.412 e. The van der Waals surface area contributed by atoms with Crippen LogP contribution in [0.2, 0.25) is 0 Å². The van der Waals surface area contributed by atoms with E-state index in [0.29, 0.717) is 5.75 Å². The van der Waals surface area contributed by atoms with Crippen molar-refractivity contribution < 1.29 is 9.53 Å². The number of aryl methyl sites for hydroxylation is 2. The molecule has 1 aromatic carbocycles. The predicted octanol–water partition coefficient (Wildman–Crippen LogP) is 2.81. The summed E-state index contributed by atoms with van der Waals surface area (Å²) < 4.78 is 7.23. The van der Waals surface area contributed by atoms with Crippen LogP contribution in [0.25, 0.3) is 5.69 Å². The highest BCUT2D eigenvalue weighted by atomic mass is 16.5. The summed E-state index contributed by atoms with van der Waals surface area (Å²) in [4.78, 5) is 11.2. The van der Waals surface area contributed by atoms with Crippen molar-refractivity contribution in [3.8, 4) is 11.4 Å². The number of amides is 1. The van der Waals surface area contributed by atoms with Gasteiger partial charge >= 0.3 is 6.09 Å². The van der Waals surface area contributed by atoms with Gasteiger partial charge in [0, 0.05) is 30.2 Å². The van der Waals surface area contributed by atoms with Gasteiger partial charge in [0.2, 0.25) is 0 Å². The Kier molecular flexibility index (Phi) is 3.37. The van der Waals surface area contributed by atoms with E-state index >= 15 is 0 Å². The summed E-state index contributed by atoms with van der Waals surface area (Å²) in [6.07, 6.45) is -0.465. The van der Waals surface area contributed by atoms with Crippen molar-refractivity contribution in [3.05, 3.63) is 47.8 Å². The van der Waals surface area contributed by atoms with Gasteiger partial charge in [-0.3, -0.25) is 0 Å². The highest BCUT2D eigenvalue weighted by molar-refractivity contribution is 5.70. The summed E-state index contributed by atoms with van der Waals surface area (Å²) in [5, 5.41) is 2.42. The Bertz CT molecular complexity index is 553. The van der Waals surface area contributed by atoms with Gasteiger partial charge in [0.15, 0.2) is 0 Å². The zero-order valence-corrected chi connectivity index (χ0v) is 10.7. The van der Waals surface area contributed by atoms with Crippen LogP contribution in [0.15, 0.2) is 36.4 Å². The fourth-order valence-corrected chi connectivity index (χ4v) is 1.92. The van der Waals surface area contributed by atoms with Crippen LogP contribution in [-0.4, -0.2) is 17.7 Å². The summed E-state index contributed by atoms with van der Waals surface area (Å²) in [5.74, 6) is 0.527. The van der Waals surface area contributed by atoms with Gasteiger partial charge in [0.25, 0.3) is 0 Å². The lowest BCUT2D eigenvalue weighted by Gasteiger charge is -2.11. The Morgan fingerprint density at radius 3 is 2.44 bits per heavy atom. The van der Waals surface area contributed by atoms with E-state index in [9.17, 15) is 4.79 Å². The van der Waals surface area contributed by atoms with Crippen LogP contribution in [0.3, 0.4) is 0 Å². The first-order valence-electron chi connectivity index (χ1n) is 5.77. The molecule has 0 atom stereocenters. The lowest BCUT2D eigenvalue weighted by Crippen LogP contribution is -2.22. The number of benzene rings is 1. The number of rotatable bonds is 2. The third-order valence-electron chi connectivity index (χ3n) is 2.76. The van der Waals surface area contributed by atoms with Crippen molar-refractivity contribution in [2.45, 2.75) is 13.8 Å². The molecule has 0 aliphatic rings. The van der Waals surface area contributed by atoms with Crippen LogP contribution in [0, 0.1) is 13.8 Å². The predicted molar refractivity (Wildman–Crippen MR) is 70.3 cm³/mol. The zero-order chi connectivity index (χ0) is 13.1. The van der Waals surface area contributed by atoms with E-state index < -0.39 is 6.09 Å². The van der Waals surface area contributed by atoms with Gasteiger partial charge in [-0.15, -0.1) is 0 Å². The fraction of sp³-hybridized carbons (Fsp3) is 0.214. The molecule has 18 heavy (non-hydrogen) atoms. The molecular weight excluding hydrogens is 228 g/mol. The molecule has 2 aromatic rings. The van der Waals surface area contributed by atoms with Crippen LogP contribution in [0.5, 0.6) is 5.75 Å². The number of carbonyl (C=O) groups excluding carboxylic acids is 1. The molecule has 1 heterocycles. The molecule has 0 saturated carbocycles. The maximum atomic E-state index is 11.2. The SMILES string of the molecule is CNC(=O)Oc1cccc(-n2c(C)ccc2C)c1. The first-order chi connectivity index (χ1) is 8.61. The minimum Gasteiger partial charge on any atom is -0.410 e. The fourth-order valence-electron chi connectivity index (χ4n) is 1.92. The standard InChI is InChI=1S/C14H16N2O2/c1-10-7-8-11(2)16(10)12-5-4-6-13(9-12)18-14(17)15-3/h4-9H,1-3H3,(H,15,17). The lowest BCUT2D eigenvalue weighted by atomic mass is 10.3. The molecule has 0 fully saturated rings. The normalized spacial score (nSPS) is 10.2. The Balaban J connectivity index is 2.36. The lowest BCUT2D eigenvalue weighted by molar-refractivity contribution is 0.203. The summed E-state index contributed by atoms with van der Waals surface area (Å²) in [6.45, 7) is 4.08. The van der Waals surface area contributed by atoms with Gasteiger partial charge in [-0.2, -0.15) is 0 Å². The van der Waals surface area contributed by atoms with Crippen molar-refractivity contribution in [1.82, 2.24) is 9.88 Å². The average Bonchev–Trinajstić information content (AvgIpc) is 2.69. The van der Waals surface area contributed by atoms with Crippen molar-refractivity contribution in [2.75, 3.05) is 7.05 Å². The van der Waals surface area contributed by atoms with Crippen LogP contribution >= 0.6 is 0 Å². The Morgan fingerprint density at radius 2 is 1.83 bits per heavy atom. The number of nitrogens with zero attached hydrogens (tertiary/aromatic N) is 1. The topological polar surface area (TPSA) is 43.3 Å². The number of carbonyl (C=O) groups is 1.